The van der Waals surface area contributed by atoms with E-state index in [-0.39, 0.29) is 31.6 Å². The normalized spacial score (nSPS) is 12.8. The first-order valence-electron chi connectivity index (χ1n) is 21.7. The molecule has 0 aromatic heterocycles. The van der Waals surface area contributed by atoms with Crippen LogP contribution < -0.4 is 11.5 Å². The summed E-state index contributed by atoms with van der Waals surface area (Å²) in [5, 5.41) is 0. The Balaban J connectivity index is 4.24. The molecule has 0 fully saturated rings. The molecule has 0 spiro atoms. The van der Waals surface area contributed by atoms with Crippen molar-refractivity contribution in [1.82, 2.24) is 0 Å². The maximum absolute atomic E-state index is 12.6. The predicted molar refractivity (Wildman–Crippen MR) is 217 cm³/mol. The highest BCUT2D eigenvalue weighted by Gasteiger charge is 2.22. The number of carbonyl (C=O) groups excluding carboxylic acids is 3. The summed E-state index contributed by atoms with van der Waals surface area (Å²) >= 11 is 0. The fraction of sp³-hybridized carbons (Fsp3) is 0.841. The lowest BCUT2D eigenvalue weighted by atomic mass is 10.1. The number of allylic oxidation sites excluding steroid dienone is 4. The van der Waals surface area contributed by atoms with Crippen LogP contribution in [0.4, 0.5) is 0 Å². The number of carbonyl (C=O) groups is 3. The number of unbranched alkanes of at least 4 members (excludes halogenated alkanes) is 22. The summed E-state index contributed by atoms with van der Waals surface area (Å²) in [4.78, 5) is 37.4. The van der Waals surface area contributed by atoms with E-state index in [1.807, 2.05) is 0 Å². The van der Waals surface area contributed by atoms with Crippen LogP contribution in [0.3, 0.4) is 0 Å². The highest BCUT2D eigenvalue weighted by molar-refractivity contribution is 5.75. The number of ether oxygens (including phenoxy) is 3. The predicted octanol–water partition coefficient (Wildman–Crippen LogP) is 11.1. The third-order valence-corrected chi connectivity index (χ3v) is 9.45. The minimum Gasteiger partial charge on any atom is -0.462 e. The molecular formula is C44H82N2O6. The van der Waals surface area contributed by atoms with Crippen LogP contribution in [0.15, 0.2) is 24.3 Å². The minimum atomic E-state index is -0.862. The molecule has 8 nitrogen and oxygen atoms in total. The van der Waals surface area contributed by atoms with Gasteiger partial charge in [-0.3, -0.25) is 14.4 Å². The molecule has 4 N–H and O–H groups in total. The molecule has 8 heteroatoms. The zero-order valence-corrected chi connectivity index (χ0v) is 33.9. The molecule has 0 aliphatic carbocycles. The lowest BCUT2D eigenvalue weighted by Gasteiger charge is -2.19. The minimum absolute atomic E-state index is 0.145. The molecule has 304 valence electrons. The fourth-order valence-corrected chi connectivity index (χ4v) is 6.04. The number of nitrogens with two attached hydrogens (primary N) is 2. The fourth-order valence-electron chi connectivity index (χ4n) is 6.04. The highest BCUT2D eigenvalue weighted by atomic mass is 16.6. The van der Waals surface area contributed by atoms with E-state index in [9.17, 15) is 14.4 Å². The van der Waals surface area contributed by atoms with E-state index in [1.54, 1.807) is 0 Å². The monoisotopic (exact) mass is 735 g/mol. The van der Waals surface area contributed by atoms with Gasteiger partial charge >= 0.3 is 17.9 Å². The summed E-state index contributed by atoms with van der Waals surface area (Å²) in [7, 11) is 0. The molecule has 0 heterocycles. The van der Waals surface area contributed by atoms with Gasteiger partial charge in [-0.15, -0.1) is 0 Å². The Kier molecular flexibility index (Phi) is 38.3. The number of hydrogen-bond donors (Lipinski definition) is 2. The third-order valence-electron chi connectivity index (χ3n) is 9.45. The van der Waals surface area contributed by atoms with Crippen molar-refractivity contribution >= 4 is 17.9 Å². The summed E-state index contributed by atoms with van der Waals surface area (Å²) in [6.07, 6.45) is 41.0. The molecule has 0 aromatic carbocycles. The smallest absolute Gasteiger partial charge is 0.323 e. The Morgan fingerprint density at radius 1 is 0.500 bits per heavy atom. The average Bonchev–Trinajstić information content (AvgIpc) is 3.14. The van der Waals surface area contributed by atoms with Gasteiger partial charge in [0.1, 0.15) is 19.3 Å². The summed E-state index contributed by atoms with van der Waals surface area (Å²) in [6.45, 7) is 4.59. The summed E-state index contributed by atoms with van der Waals surface area (Å²) in [5.74, 6) is -1.28. The quantitative estimate of drug-likeness (QED) is 0.0276. The van der Waals surface area contributed by atoms with E-state index in [4.69, 9.17) is 25.7 Å². The van der Waals surface area contributed by atoms with Crippen LogP contribution in [-0.2, 0) is 28.6 Å². The van der Waals surface area contributed by atoms with Crippen LogP contribution in [0.5, 0.6) is 0 Å². The molecule has 52 heavy (non-hydrogen) atoms. The van der Waals surface area contributed by atoms with Crippen molar-refractivity contribution in [3.63, 3.8) is 0 Å². The van der Waals surface area contributed by atoms with Gasteiger partial charge in [0.15, 0.2) is 6.10 Å². The van der Waals surface area contributed by atoms with Gasteiger partial charge in [-0.25, -0.2) is 0 Å². The molecular weight excluding hydrogens is 652 g/mol. The lowest BCUT2D eigenvalue weighted by molar-refractivity contribution is -0.167. The van der Waals surface area contributed by atoms with Crippen molar-refractivity contribution in [3.8, 4) is 0 Å². The van der Waals surface area contributed by atoms with Gasteiger partial charge in [-0.1, -0.05) is 141 Å². The van der Waals surface area contributed by atoms with Gasteiger partial charge in [0.05, 0.1) is 0 Å². The van der Waals surface area contributed by atoms with E-state index in [1.165, 1.54) is 103 Å². The largest absolute Gasteiger partial charge is 0.462 e. The van der Waals surface area contributed by atoms with Gasteiger partial charge in [0.25, 0.3) is 0 Å². The molecule has 0 aromatic rings. The summed E-state index contributed by atoms with van der Waals surface area (Å²) < 4.78 is 16.4. The number of rotatable bonds is 39. The molecule has 2 atom stereocenters. The van der Waals surface area contributed by atoms with E-state index in [0.717, 1.165) is 64.2 Å². The second kappa shape index (κ2) is 40.0. The van der Waals surface area contributed by atoms with Crippen molar-refractivity contribution in [1.29, 1.82) is 0 Å². The van der Waals surface area contributed by atoms with Crippen LogP contribution in [0.25, 0.3) is 0 Å². The Hall–Kier alpha value is -2.19. The first-order valence-corrected chi connectivity index (χ1v) is 21.7. The Labute approximate surface area is 320 Å². The summed E-state index contributed by atoms with van der Waals surface area (Å²) in [5.41, 5.74) is 11.4. The van der Waals surface area contributed by atoms with Crippen molar-refractivity contribution < 1.29 is 28.6 Å². The SMILES string of the molecule is CCCCCCCC/C=C\CCCCCCCC(=O)OC[C@H](COC(=O)[C@@H](N)CCCN)OC(=O)CCCCCCC/C=C\CCCCCCCC. The van der Waals surface area contributed by atoms with E-state index < -0.39 is 18.1 Å². The molecule has 0 bridgehead atoms. The first kappa shape index (κ1) is 49.8. The molecule has 0 amide bonds. The Bertz CT molecular complexity index is 877. The molecule has 0 saturated heterocycles. The first-order chi connectivity index (χ1) is 25.4. The summed E-state index contributed by atoms with van der Waals surface area (Å²) in [6, 6.07) is -0.792. The van der Waals surface area contributed by atoms with Crippen molar-refractivity contribution in [2.75, 3.05) is 19.8 Å². The standard InChI is InChI=1S/C44H82N2O6/c1-3-5-7-9-11-13-15-17-19-21-23-25-27-29-31-35-42(47)50-38-40(39-51-44(49)41(46)34-33-37-45)52-43(48)36-32-30-28-26-24-22-20-18-16-14-12-10-8-6-4-2/h17-20,40-41H,3-16,21-39,45-46H2,1-2H3/b19-17-,20-18-/t40-,41+/m1/s1. The van der Waals surface area contributed by atoms with E-state index in [0.29, 0.717) is 25.8 Å². The Morgan fingerprint density at radius 3 is 1.33 bits per heavy atom. The molecule has 0 rings (SSSR count). The van der Waals surface area contributed by atoms with Crippen molar-refractivity contribution in [3.05, 3.63) is 24.3 Å². The van der Waals surface area contributed by atoms with E-state index in [2.05, 4.69) is 38.2 Å². The van der Waals surface area contributed by atoms with Crippen molar-refractivity contribution in [2.24, 2.45) is 11.5 Å². The second-order valence-corrected chi connectivity index (χ2v) is 14.6. The van der Waals surface area contributed by atoms with Crippen LogP contribution in [0.2, 0.25) is 0 Å². The van der Waals surface area contributed by atoms with Crippen molar-refractivity contribution in [2.45, 2.75) is 219 Å². The van der Waals surface area contributed by atoms with Gasteiger partial charge in [0, 0.05) is 12.8 Å². The van der Waals surface area contributed by atoms with E-state index >= 15 is 0 Å². The molecule has 0 unspecified atom stereocenters. The molecule has 0 aliphatic heterocycles. The number of esters is 3. The van der Waals surface area contributed by atoms with Crippen LogP contribution in [0, 0.1) is 0 Å². The zero-order valence-electron chi connectivity index (χ0n) is 33.9. The van der Waals surface area contributed by atoms with Gasteiger partial charge in [0.2, 0.25) is 0 Å². The second-order valence-electron chi connectivity index (χ2n) is 14.6. The Morgan fingerprint density at radius 2 is 0.885 bits per heavy atom. The average molecular weight is 735 g/mol. The van der Waals surface area contributed by atoms with Crippen LogP contribution in [0.1, 0.15) is 206 Å². The third kappa shape index (κ3) is 36.2. The van der Waals surface area contributed by atoms with Gasteiger partial charge < -0.3 is 25.7 Å². The van der Waals surface area contributed by atoms with Gasteiger partial charge in [-0.05, 0) is 83.6 Å². The highest BCUT2D eigenvalue weighted by Crippen LogP contribution is 2.13. The van der Waals surface area contributed by atoms with Crippen LogP contribution >= 0.6 is 0 Å². The number of hydrogen-bond acceptors (Lipinski definition) is 8. The topological polar surface area (TPSA) is 131 Å². The zero-order chi connectivity index (χ0) is 38.2. The maximum Gasteiger partial charge on any atom is 0.323 e. The lowest BCUT2D eigenvalue weighted by Crippen LogP contribution is -2.37. The molecule has 0 aliphatic rings. The molecule has 0 radical (unpaired) electrons. The molecule has 0 saturated carbocycles. The van der Waals surface area contributed by atoms with Gasteiger partial charge in [-0.2, -0.15) is 0 Å². The van der Waals surface area contributed by atoms with Crippen LogP contribution in [-0.4, -0.2) is 49.8 Å². The maximum atomic E-state index is 12.6.